The number of carbonyl (C=O) groups excluding carboxylic acids is 1. The van der Waals surface area contributed by atoms with Gasteiger partial charge in [-0.15, -0.1) is 0 Å². The lowest BCUT2D eigenvalue weighted by atomic mass is 10.1. The second-order valence-corrected chi connectivity index (χ2v) is 7.20. The van der Waals surface area contributed by atoms with Gasteiger partial charge in [-0.25, -0.2) is 0 Å². The standard InChI is InChI=1S/C19H26N2O/c22-19-8-4-7-18(19)20-12-11-16-9-10-17(14-20)21(16)13-15-5-2-1-3-6-15/h1-3,5-6,16-18H,4,7-14H2. The Kier molecular flexibility index (Phi) is 4.01. The van der Waals surface area contributed by atoms with Gasteiger partial charge in [0.1, 0.15) is 5.78 Å². The molecule has 22 heavy (non-hydrogen) atoms. The van der Waals surface area contributed by atoms with Crippen molar-refractivity contribution in [2.24, 2.45) is 0 Å². The Hall–Kier alpha value is -1.19. The molecule has 0 spiro atoms. The Morgan fingerprint density at radius 2 is 1.82 bits per heavy atom. The normalized spacial score (nSPS) is 33.3. The quantitative estimate of drug-likeness (QED) is 0.857. The summed E-state index contributed by atoms with van der Waals surface area (Å²) < 4.78 is 0. The summed E-state index contributed by atoms with van der Waals surface area (Å²) in [6.45, 7) is 3.28. The monoisotopic (exact) mass is 298 g/mol. The molecule has 1 aromatic carbocycles. The molecule has 118 valence electrons. The first-order chi connectivity index (χ1) is 10.8. The van der Waals surface area contributed by atoms with Crippen molar-refractivity contribution in [3.8, 4) is 0 Å². The van der Waals surface area contributed by atoms with Crippen LogP contribution in [-0.2, 0) is 11.3 Å². The Morgan fingerprint density at radius 1 is 1.00 bits per heavy atom. The van der Waals surface area contributed by atoms with Crippen LogP contribution in [0.1, 0.15) is 44.1 Å². The zero-order valence-electron chi connectivity index (χ0n) is 13.3. The highest BCUT2D eigenvalue weighted by molar-refractivity contribution is 5.85. The van der Waals surface area contributed by atoms with E-state index in [0.29, 0.717) is 17.9 Å². The summed E-state index contributed by atoms with van der Waals surface area (Å²) in [5, 5.41) is 0. The molecular formula is C19H26N2O. The first kappa shape index (κ1) is 14.4. The average Bonchev–Trinajstić information content (AvgIpc) is 3.05. The van der Waals surface area contributed by atoms with Gasteiger partial charge < -0.3 is 0 Å². The maximum atomic E-state index is 12.1. The van der Waals surface area contributed by atoms with Gasteiger partial charge in [0.05, 0.1) is 6.04 Å². The minimum atomic E-state index is 0.234. The second kappa shape index (κ2) is 6.13. The lowest BCUT2D eigenvalue weighted by Crippen LogP contribution is -2.44. The zero-order chi connectivity index (χ0) is 14.9. The van der Waals surface area contributed by atoms with Crippen molar-refractivity contribution in [2.75, 3.05) is 13.1 Å². The molecule has 2 heterocycles. The van der Waals surface area contributed by atoms with Gasteiger partial charge in [-0.1, -0.05) is 30.3 Å². The molecular weight excluding hydrogens is 272 g/mol. The smallest absolute Gasteiger partial charge is 0.149 e. The predicted octanol–water partition coefficient (Wildman–Crippen LogP) is 2.85. The summed E-state index contributed by atoms with van der Waals surface area (Å²) in [7, 11) is 0. The van der Waals surface area contributed by atoms with Gasteiger partial charge in [0, 0.05) is 38.1 Å². The lowest BCUT2D eigenvalue weighted by Gasteiger charge is -2.31. The van der Waals surface area contributed by atoms with Gasteiger partial charge in [-0.05, 0) is 37.7 Å². The molecule has 0 N–H and O–H groups in total. The molecule has 3 aliphatic rings. The molecule has 0 amide bonds. The topological polar surface area (TPSA) is 23.6 Å². The first-order valence-electron chi connectivity index (χ1n) is 8.88. The molecule has 3 fully saturated rings. The maximum absolute atomic E-state index is 12.1. The SMILES string of the molecule is O=C1CCCC1N1CCC2CCC(C1)N2Cc1ccccc1. The van der Waals surface area contributed by atoms with E-state index in [1.165, 1.54) is 24.8 Å². The summed E-state index contributed by atoms with van der Waals surface area (Å²) in [6.07, 6.45) is 6.87. The van der Waals surface area contributed by atoms with Crippen LogP contribution >= 0.6 is 0 Å². The van der Waals surface area contributed by atoms with E-state index >= 15 is 0 Å². The highest BCUT2D eigenvalue weighted by atomic mass is 16.1. The van der Waals surface area contributed by atoms with Crippen molar-refractivity contribution >= 4 is 5.78 Å². The molecule has 3 nitrogen and oxygen atoms in total. The number of fused-ring (bicyclic) bond motifs is 2. The number of Topliss-reactive ketones (excluding diaryl/α,β-unsaturated/α-hetero) is 1. The van der Waals surface area contributed by atoms with Crippen molar-refractivity contribution < 1.29 is 4.79 Å². The van der Waals surface area contributed by atoms with E-state index in [-0.39, 0.29) is 6.04 Å². The third kappa shape index (κ3) is 2.72. The lowest BCUT2D eigenvalue weighted by molar-refractivity contribution is -0.122. The fourth-order valence-corrected chi connectivity index (χ4v) is 4.72. The fourth-order valence-electron chi connectivity index (χ4n) is 4.72. The molecule has 0 radical (unpaired) electrons. The molecule has 4 rings (SSSR count). The van der Waals surface area contributed by atoms with Gasteiger partial charge in [0.25, 0.3) is 0 Å². The first-order valence-corrected chi connectivity index (χ1v) is 8.88. The minimum Gasteiger partial charge on any atom is -0.298 e. The van der Waals surface area contributed by atoms with Crippen LogP contribution in [0.4, 0.5) is 0 Å². The fraction of sp³-hybridized carbons (Fsp3) is 0.632. The molecule has 3 heteroatoms. The van der Waals surface area contributed by atoms with E-state index in [9.17, 15) is 4.79 Å². The highest BCUT2D eigenvalue weighted by Gasteiger charge is 2.40. The van der Waals surface area contributed by atoms with Crippen molar-refractivity contribution in [2.45, 2.75) is 63.2 Å². The molecule has 1 aliphatic carbocycles. The van der Waals surface area contributed by atoms with E-state index in [1.807, 2.05) is 0 Å². The number of benzene rings is 1. The van der Waals surface area contributed by atoms with E-state index in [4.69, 9.17) is 0 Å². The van der Waals surface area contributed by atoms with Gasteiger partial charge in [0.2, 0.25) is 0 Å². The number of nitrogens with zero attached hydrogens (tertiary/aromatic N) is 2. The van der Waals surface area contributed by atoms with E-state index in [0.717, 1.165) is 38.9 Å². The van der Waals surface area contributed by atoms with E-state index in [2.05, 4.69) is 40.1 Å². The molecule has 0 aromatic heterocycles. The minimum absolute atomic E-state index is 0.234. The second-order valence-electron chi connectivity index (χ2n) is 7.20. The summed E-state index contributed by atoms with van der Waals surface area (Å²) >= 11 is 0. The van der Waals surface area contributed by atoms with Crippen molar-refractivity contribution in [3.63, 3.8) is 0 Å². The van der Waals surface area contributed by atoms with Crippen molar-refractivity contribution in [1.29, 1.82) is 0 Å². The third-order valence-corrected chi connectivity index (χ3v) is 5.89. The maximum Gasteiger partial charge on any atom is 0.149 e. The summed E-state index contributed by atoms with van der Waals surface area (Å²) in [5.74, 6) is 0.493. The Balaban J connectivity index is 1.48. The van der Waals surface area contributed by atoms with Crippen LogP contribution in [0.5, 0.6) is 0 Å². The molecule has 2 bridgehead atoms. The predicted molar refractivity (Wildman–Crippen MR) is 87.6 cm³/mol. The third-order valence-electron chi connectivity index (χ3n) is 5.89. The highest BCUT2D eigenvalue weighted by Crippen LogP contribution is 2.33. The van der Waals surface area contributed by atoms with E-state index < -0.39 is 0 Å². The number of likely N-dealkylation sites (tertiary alicyclic amines) is 1. The number of hydrogen-bond acceptors (Lipinski definition) is 3. The van der Waals surface area contributed by atoms with Crippen LogP contribution in [0.15, 0.2) is 30.3 Å². The average molecular weight is 298 g/mol. The summed E-state index contributed by atoms with van der Waals surface area (Å²) in [5.41, 5.74) is 1.42. The van der Waals surface area contributed by atoms with Crippen molar-refractivity contribution in [3.05, 3.63) is 35.9 Å². The molecule has 3 unspecified atom stereocenters. The van der Waals surface area contributed by atoms with Crippen LogP contribution in [0.25, 0.3) is 0 Å². The molecule has 3 atom stereocenters. The summed E-state index contributed by atoms with van der Waals surface area (Å²) in [4.78, 5) is 17.3. The van der Waals surface area contributed by atoms with Crippen LogP contribution in [0, 0.1) is 0 Å². The number of carbonyl (C=O) groups is 1. The summed E-state index contributed by atoms with van der Waals surface area (Å²) in [6, 6.07) is 12.4. The Labute approximate surface area is 133 Å². The van der Waals surface area contributed by atoms with Crippen LogP contribution in [0.3, 0.4) is 0 Å². The molecule has 2 aliphatic heterocycles. The Morgan fingerprint density at radius 3 is 2.59 bits per heavy atom. The van der Waals surface area contributed by atoms with Gasteiger partial charge in [0.15, 0.2) is 0 Å². The molecule has 1 saturated carbocycles. The number of hydrogen-bond donors (Lipinski definition) is 0. The largest absolute Gasteiger partial charge is 0.298 e. The van der Waals surface area contributed by atoms with Gasteiger partial charge in [-0.2, -0.15) is 0 Å². The van der Waals surface area contributed by atoms with Crippen LogP contribution in [-0.4, -0.2) is 46.8 Å². The van der Waals surface area contributed by atoms with Crippen molar-refractivity contribution in [1.82, 2.24) is 9.80 Å². The molecule has 2 saturated heterocycles. The van der Waals surface area contributed by atoms with Crippen LogP contribution in [0.2, 0.25) is 0 Å². The number of ketones is 1. The van der Waals surface area contributed by atoms with E-state index in [1.54, 1.807) is 0 Å². The zero-order valence-corrected chi connectivity index (χ0v) is 13.3. The number of rotatable bonds is 3. The van der Waals surface area contributed by atoms with Crippen LogP contribution < -0.4 is 0 Å². The Bertz CT molecular complexity index is 529. The van der Waals surface area contributed by atoms with Gasteiger partial charge in [-0.3, -0.25) is 14.6 Å². The van der Waals surface area contributed by atoms with Gasteiger partial charge >= 0.3 is 0 Å². The molecule has 1 aromatic rings.